The molecule has 0 aliphatic heterocycles. The van der Waals surface area contributed by atoms with Crippen LogP contribution in [-0.2, 0) is 26.7 Å². The van der Waals surface area contributed by atoms with Crippen LogP contribution in [0.3, 0.4) is 0 Å². The Morgan fingerprint density at radius 1 is 0.818 bits per heavy atom. The lowest BCUT2D eigenvalue weighted by Crippen LogP contribution is -2.23. The Bertz CT molecular complexity index is 1530. The molecule has 0 amide bonds. The average molecular weight is 483 g/mol. The van der Waals surface area contributed by atoms with E-state index in [1.807, 2.05) is 6.92 Å². The number of aryl methyl sites for hydroxylation is 1. The van der Waals surface area contributed by atoms with Gasteiger partial charge in [0.15, 0.2) is 5.75 Å². The van der Waals surface area contributed by atoms with Crippen molar-refractivity contribution in [3.05, 3.63) is 96.1 Å². The van der Waals surface area contributed by atoms with Gasteiger partial charge in [-0.3, -0.25) is 0 Å². The zero-order valence-electron chi connectivity index (χ0n) is 17.7. The van der Waals surface area contributed by atoms with Gasteiger partial charge in [-0.15, -0.1) is 0 Å². The van der Waals surface area contributed by atoms with Gasteiger partial charge < -0.3 is 9.92 Å². The van der Waals surface area contributed by atoms with Crippen molar-refractivity contribution in [2.75, 3.05) is 5.73 Å². The summed E-state index contributed by atoms with van der Waals surface area (Å²) in [5.74, 6) is 0.0426. The van der Waals surface area contributed by atoms with E-state index in [1.165, 1.54) is 24.3 Å². The molecule has 0 saturated heterocycles. The van der Waals surface area contributed by atoms with Crippen molar-refractivity contribution in [1.82, 2.24) is 4.72 Å². The highest BCUT2D eigenvalue weighted by Crippen LogP contribution is 2.32. The first-order chi connectivity index (χ1) is 15.7. The largest absolute Gasteiger partial charge is 0.399 e. The molecule has 0 aromatic heterocycles. The first-order valence-electron chi connectivity index (χ1n) is 10.0. The maximum absolute atomic E-state index is 13.1. The predicted octanol–water partition coefficient (Wildman–Crippen LogP) is 3.98. The lowest BCUT2D eigenvalue weighted by molar-refractivity contribution is 0.488. The molecule has 0 aliphatic rings. The minimum absolute atomic E-state index is 0.0117. The number of fused-ring (bicyclic) bond motifs is 1. The Kier molecular flexibility index (Phi) is 6.11. The molecule has 170 valence electrons. The van der Waals surface area contributed by atoms with Crippen LogP contribution < -0.4 is 14.6 Å². The lowest BCUT2D eigenvalue weighted by Gasteiger charge is -2.13. The molecule has 0 atom stereocenters. The molecule has 4 aromatic carbocycles. The minimum atomic E-state index is -4.10. The number of nitrogens with one attached hydrogen (secondary N) is 1. The molecule has 7 nitrogen and oxygen atoms in total. The third-order valence-corrected chi connectivity index (χ3v) is 7.77. The Morgan fingerprint density at radius 2 is 1.48 bits per heavy atom. The summed E-state index contributed by atoms with van der Waals surface area (Å²) >= 11 is 0. The number of nitrogen functional groups attached to an aromatic ring is 1. The predicted molar refractivity (Wildman–Crippen MR) is 128 cm³/mol. The van der Waals surface area contributed by atoms with Crippen molar-refractivity contribution in [1.29, 1.82) is 0 Å². The van der Waals surface area contributed by atoms with Gasteiger partial charge in [0, 0.05) is 23.0 Å². The molecule has 0 heterocycles. The van der Waals surface area contributed by atoms with E-state index in [0.717, 1.165) is 5.56 Å². The van der Waals surface area contributed by atoms with Crippen LogP contribution in [0.15, 0.2) is 94.7 Å². The Balaban J connectivity index is 1.68. The van der Waals surface area contributed by atoms with Crippen LogP contribution in [0.1, 0.15) is 11.1 Å². The summed E-state index contributed by atoms with van der Waals surface area (Å²) < 4.78 is 59.6. The normalized spacial score (nSPS) is 12.0. The van der Waals surface area contributed by atoms with Gasteiger partial charge >= 0.3 is 10.1 Å². The van der Waals surface area contributed by atoms with Gasteiger partial charge in [0.1, 0.15) is 4.90 Å². The molecule has 3 N–H and O–H groups in total. The van der Waals surface area contributed by atoms with Gasteiger partial charge in [0.25, 0.3) is 0 Å². The van der Waals surface area contributed by atoms with Crippen LogP contribution >= 0.6 is 0 Å². The molecular formula is C24H22N2O5S2. The monoisotopic (exact) mass is 482 g/mol. The highest BCUT2D eigenvalue weighted by molar-refractivity contribution is 7.89. The highest BCUT2D eigenvalue weighted by atomic mass is 32.2. The summed E-state index contributed by atoms with van der Waals surface area (Å²) in [5, 5.41) is 0.703. The van der Waals surface area contributed by atoms with Crippen LogP contribution in [0.4, 0.5) is 5.69 Å². The first kappa shape index (κ1) is 22.8. The minimum Gasteiger partial charge on any atom is -0.399 e. The van der Waals surface area contributed by atoms with Crippen molar-refractivity contribution < 1.29 is 21.0 Å². The number of hydrogen-bond donors (Lipinski definition) is 2. The van der Waals surface area contributed by atoms with E-state index in [-0.39, 0.29) is 22.1 Å². The molecule has 0 spiro atoms. The van der Waals surface area contributed by atoms with E-state index in [4.69, 9.17) is 9.92 Å². The van der Waals surface area contributed by atoms with Gasteiger partial charge in [-0.1, -0.05) is 54.1 Å². The fraction of sp³-hybridized carbons (Fsp3) is 0.0833. The second-order valence-corrected chi connectivity index (χ2v) is 10.8. The number of anilines is 1. The van der Waals surface area contributed by atoms with Gasteiger partial charge in [-0.05, 0) is 48.9 Å². The van der Waals surface area contributed by atoms with E-state index in [2.05, 4.69) is 4.72 Å². The molecule has 33 heavy (non-hydrogen) atoms. The zero-order chi connectivity index (χ0) is 23.6. The molecule has 9 heteroatoms. The van der Waals surface area contributed by atoms with Crippen molar-refractivity contribution in [3.8, 4) is 5.75 Å². The number of hydrogen-bond acceptors (Lipinski definition) is 6. The first-order valence-corrected chi connectivity index (χ1v) is 12.9. The van der Waals surface area contributed by atoms with Crippen LogP contribution in [0, 0.1) is 6.92 Å². The topological polar surface area (TPSA) is 116 Å². The molecule has 0 aliphatic carbocycles. The second kappa shape index (κ2) is 8.86. The van der Waals surface area contributed by atoms with Crippen molar-refractivity contribution >= 4 is 36.6 Å². The maximum Gasteiger partial charge on any atom is 0.339 e. The molecule has 0 saturated carbocycles. The third kappa shape index (κ3) is 5.00. The summed E-state index contributed by atoms with van der Waals surface area (Å²) in [4.78, 5) is 0.0276. The van der Waals surface area contributed by atoms with Crippen molar-refractivity contribution in [2.45, 2.75) is 23.3 Å². The summed E-state index contributed by atoms with van der Waals surface area (Å²) in [7, 11) is -8.01. The van der Waals surface area contributed by atoms with Crippen LogP contribution in [0.2, 0.25) is 0 Å². The van der Waals surface area contributed by atoms with E-state index < -0.39 is 20.1 Å². The van der Waals surface area contributed by atoms with E-state index in [1.54, 1.807) is 60.7 Å². The van der Waals surface area contributed by atoms with Crippen molar-refractivity contribution in [2.24, 2.45) is 0 Å². The average Bonchev–Trinajstić information content (AvgIpc) is 2.78. The molecule has 4 aromatic rings. The van der Waals surface area contributed by atoms with Crippen LogP contribution in [-0.4, -0.2) is 16.8 Å². The summed E-state index contributed by atoms with van der Waals surface area (Å²) in [6, 6.07) is 22.5. The second-order valence-electron chi connectivity index (χ2n) is 7.53. The summed E-state index contributed by atoms with van der Waals surface area (Å²) in [6.45, 7) is 1.91. The Labute approximate surface area is 193 Å². The van der Waals surface area contributed by atoms with E-state index >= 15 is 0 Å². The number of nitrogens with two attached hydrogens (primary N) is 1. The number of benzene rings is 4. The molecule has 0 unspecified atom stereocenters. The summed E-state index contributed by atoms with van der Waals surface area (Å²) in [5.41, 5.74) is 7.93. The molecule has 4 rings (SSSR count). The molecule has 0 fully saturated rings. The Morgan fingerprint density at radius 3 is 2.21 bits per heavy atom. The van der Waals surface area contributed by atoms with Gasteiger partial charge in [-0.2, -0.15) is 8.42 Å². The van der Waals surface area contributed by atoms with Gasteiger partial charge in [0.05, 0.1) is 4.90 Å². The smallest absolute Gasteiger partial charge is 0.339 e. The van der Waals surface area contributed by atoms with Crippen molar-refractivity contribution in [3.63, 3.8) is 0 Å². The molecular weight excluding hydrogens is 460 g/mol. The van der Waals surface area contributed by atoms with Gasteiger partial charge in [-0.25, -0.2) is 13.1 Å². The molecule has 0 bridgehead atoms. The molecule has 0 radical (unpaired) electrons. The highest BCUT2D eigenvalue weighted by Gasteiger charge is 2.21. The van der Waals surface area contributed by atoms with E-state index in [9.17, 15) is 16.8 Å². The lowest BCUT2D eigenvalue weighted by atomic mass is 10.1. The fourth-order valence-corrected chi connectivity index (χ4v) is 5.57. The van der Waals surface area contributed by atoms with Crippen LogP contribution in [0.5, 0.6) is 5.75 Å². The summed E-state index contributed by atoms with van der Waals surface area (Å²) in [6.07, 6.45) is 0. The zero-order valence-corrected chi connectivity index (χ0v) is 19.4. The SMILES string of the molecule is Cc1ccc(S(=O)(=O)Oc2cccc3c(S(=O)(=O)NCc4cccc(N)c4)cccc23)cc1. The third-order valence-electron chi connectivity index (χ3n) is 5.06. The number of sulfonamides is 1. The standard InChI is InChI=1S/C24H22N2O5S2/c1-17-11-13-20(14-12-17)33(29,30)31-23-9-3-8-22-21(23)7-4-10-24(22)32(27,28)26-16-18-5-2-6-19(25)15-18/h2-15,26H,16,25H2,1H3. The van der Waals surface area contributed by atoms with Gasteiger partial charge in [0.2, 0.25) is 10.0 Å². The Hall–Kier alpha value is -3.40. The van der Waals surface area contributed by atoms with Crippen LogP contribution in [0.25, 0.3) is 10.8 Å². The fourth-order valence-electron chi connectivity index (χ4n) is 3.39. The number of rotatable bonds is 7. The maximum atomic E-state index is 13.1. The van der Waals surface area contributed by atoms with E-state index in [0.29, 0.717) is 22.0 Å². The quantitative estimate of drug-likeness (QED) is 0.304.